The van der Waals surface area contributed by atoms with Gasteiger partial charge in [-0.25, -0.2) is 0 Å². The third kappa shape index (κ3) is 6.61. The zero-order chi connectivity index (χ0) is 20.5. The lowest BCUT2D eigenvalue weighted by Gasteiger charge is -2.32. The van der Waals surface area contributed by atoms with E-state index in [9.17, 15) is 9.59 Å². The van der Waals surface area contributed by atoms with E-state index in [4.69, 9.17) is 4.74 Å². The molecule has 0 unspecified atom stereocenters. The van der Waals surface area contributed by atoms with Crippen molar-refractivity contribution in [1.29, 1.82) is 0 Å². The monoisotopic (exact) mass is 395 g/mol. The van der Waals surface area contributed by atoms with Gasteiger partial charge in [0.1, 0.15) is 5.75 Å². The number of piperidine rings is 1. The van der Waals surface area contributed by atoms with Gasteiger partial charge < -0.3 is 15.4 Å². The van der Waals surface area contributed by atoms with Crippen molar-refractivity contribution < 1.29 is 14.3 Å². The highest BCUT2D eigenvalue weighted by molar-refractivity contribution is 6.39. The summed E-state index contributed by atoms with van der Waals surface area (Å²) in [6.07, 6.45) is 2.04. The van der Waals surface area contributed by atoms with Gasteiger partial charge in [0.25, 0.3) is 0 Å². The molecular weight excluding hydrogens is 366 g/mol. The summed E-state index contributed by atoms with van der Waals surface area (Å²) in [5.41, 5.74) is 1.90. The third-order valence-corrected chi connectivity index (χ3v) is 5.14. The Hall–Kier alpha value is -2.86. The number of carbonyl (C=O) groups is 2. The summed E-state index contributed by atoms with van der Waals surface area (Å²) in [4.78, 5) is 26.6. The Morgan fingerprint density at radius 1 is 1.00 bits per heavy atom. The molecular formula is C23H29N3O3. The van der Waals surface area contributed by atoms with Crippen LogP contribution in [0.2, 0.25) is 0 Å². The molecule has 6 heteroatoms. The van der Waals surface area contributed by atoms with Gasteiger partial charge in [0.15, 0.2) is 0 Å². The first kappa shape index (κ1) is 20.9. The average molecular weight is 396 g/mol. The first-order valence-corrected chi connectivity index (χ1v) is 10.2. The van der Waals surface area contributed by atoms with Crippen LogP contribution in [-0.4, -0.2) is 43.0 Å². The molecule has 0 aromatic heterocycles. The molecule has 0 radical (unpaired) electrons. The number of carbonyl (C=O) groups excluding carboxylic acids is 2. The maximum Gasteiger partial charge on any atom is 0.313 e. The lowest BCUT2D eigenvalue weighted by molar-refractivity contribution is -0.136. The van der Waals surface area contributed by atoms with Crippen LogP contribution in [0.15, 0.2) is 54.6 Å². The second kappa shape index (κ2) is 10.6. The molecule has 2 N–H and O–H groups in total. The van der Waals surface area contributed by atoms with Crippen LogP contribution >= 0.6 is 0 Å². The molecule has 1 aliphatic heterocycles. The van der Waals surface area contributed by atoms with E-state index in [1.807, 2.05) is 13.0 Å². The molecule has 29 heavy (non-hydrogen) atoms. The van der Waals surface area contributed by atoms with Gasteiger partial charge >= 0.3 is 11.8 Å². The van der Waals surface area contributed by atoms with Gasteiger partial charge in [-0.1, -0.05) is 30.3 Å². The molecule has 1 fully saturated rings. The molecule has 0 aliphatic carbocycles. The van der Waals surface area contributed by atoms with E-state index in [0.717, 1.165) is 38.2 Å². The Morgan fingerprint density at radius 3 is 2.34 bits per heavy atom. The second-order valence-electron chi connectivity index (χ2n) is 7.33. The number of ether oxygens (including phenoxy) is 1. The van der Waals surface area contributed by atoms with Crippen molar-refractivity contribution >= 4 is 17.5 Å². The fourth-order valence-electron chi connectivity index (χ4n) is 3.50. The Labute approximate surface area is 172 Å². The second-order valence-corrected chi connectivity index (χ2v) is 7.33. The molecule has 1 aliphatic rings. The number of hydrogen-bond donors (Lipinski definition) is 2. The predicted molar refractivity (Wildman–Crippen MR) is 114 cm³/mol. The minimum Gasteiger partial charge on any atom is -0.494 e. The summed E-state index contributed by atoms with van der Waals surface area (Å²) >= 11 is 0. The summed E-state index contributed by atoms with van der Waals surface area (Å²) in [6.45, 7) is 6.01. The Morgan fingerprint density at radius 2 is 1.69 bits per heavy atom. The van der Waals surface area contributed by atoms with Crippen LogP contribution in [0.1, 0.15) is 25.3 Å². The fraction of sp³-hybridized carbons (Fsp3) is 0.391. The number of nitrogens with one attached hydrogen (secondary N) is 2. The van der Waals surface area contributed by atoms with Gasteiger partial charge in [0, 0.05) is 18.8 Å². The molecule has 2 aromatic rings. The molecule has 0 atom stereocenters. The highest BCUT2D eigenvalue weighted by Crippen LogP contribution is 2.19. The lowest BCUT2D eigenvalue weighted by Crippen LogP contribution is -2.41. The molecule has 1 heterocycles. The third-order valence-electron chi connectivity index (χ3n) is 5.14. The molecule has 154 valence electrons. The van der Waals surface area contributed by atoms with Crippen molar-refractivity contribution in [1.82, 2.24) is 10.2 Å². The summed E-state index contributed by atoms with van der Waals surface area (Å²) in [7, 11) is 0. The lowest BCUT2D eigenvalue weighted by atomic mass is 9.96. The zero-order valence-electron chi connectivity index (χ0n) is 16.9. The smallest absolute Gasteiger partial charge is 0.313 e. The topological polar surface area (TPSA) is 70.7 Å². The van der Waals surface area contributed by atoms with E-state index >= 15 is 0 Å². The van der Waals surface area contributed by atoms with Gasteiger partial charge in [-0.05, 0) is 68.6 Å². The maximum absolute atomic E-state index is 12.1. The molecule has 0 spiro atoms. The number of anilines is 1. The predicted octanol–water partition coefficient (Wildman–Crippen LogP) is 3.05. The summed E-state index contributed by atoms with van der Waals surface area (Å²) < 4.78 is 5.36. The van der Waals surface area contributed by atoms with Crippen LogP contribution in [0.4, 0.5) is 5.69 Å². The van der Waals surface area contributed by atoms with Crippen molar-refractivity contribution in [3.8, 4) is 5.75 Å². The van der Waals surface area contributed by atoms with E-state index in [-0.39, 0.29) is 0 Å². The highest BCUT2D eigenvalue weighted by Gasteiger charge is 2.21. The van der Waals surface area contributed by atoms with E-state index in [2.05, 4.69) is 39.8 Å². The molecule has 0 saturated carbocycles. The molecule has 3 rings (SSSR count). The number of likely N-dealkylation sites (tertiary alicyclic amines) is 1. The van der Waals surface area contributed by atoms with Gasteiger partial charge in [-0.15, -0.1) is 0 Å². The number of nitrogens with zero attached hydrogens (tertiary/aromatic N) is 1. The minimum absolute atomic E-state index is 0.407. The quantitative estimate of drug-likeness (QED) is 0.707. The average Bonchev–Trinajstić information content (AvgIpc) is 2.75. The molecule has 1 saturated heterocycles. The van der Waals surface area contributed by atoms with Crippen molar-refractivity contribution in [3.05, 3.63) is 60.2 Å². The van der Waals surface area contributed by atoms with Gasteiger partial charge in [-0.2, -0.15) is 0 Å². The zero-order valence-corrected chi connectivity index (χ0v) is 16.9. The molecule has 0 bridgehead atoms. The summed E-state index contributed by atoms with van der Waals surface area (Å²) in [5.74, 6) is -0.0981. The van der Waals surface area contributed by atoms with Crippen LogP contribution in [0.5, 0.6) is 5.75 Å². The fourth-order valence-corrected chi connectivity index (χ4v) is 3.50. The standard InChI is InChI=1S/C23H29N3O3/c1-2-29-21-10-8-20(9-11-21)25-23(28)22(27)24-16-18-12-14-26(15-13-18)17-19-6-4-3-5-7-19/h3-11,18H,2,12-17H2,1H3,(H,24,27)(H,25,28). The number of rotatable bonds is 7. The number of benzene rings is 2. The Bertz CT molecular complexity index is 785. The highest BCUT2D eigenvalue weighted by atomic mass is 16.5. The molecule has 2 aromatic carbocycles. The Kier molecular flexibility index (Phi) is 7.64. The van der Waals surface area contributed by atoms with Gasteiger partial charge in [0.05, 0.1) is 6.61 Å². The largest absolute Gasteiger partial charge is 0.494 e. The van der Waals surface area contributed by atoms with Crippen molar-refractivity contribution in [3.63, 3.8) is 0 Å². The van der Waals surface area contributed by atoms with Crippen molar-refractivity contribution in [2.24, 2.45) is 5.92 Å². The van der Waals surface area contributed by atoms with Crippen LogP contribution in [-0.2, 0) is 16.1 Å². The van der Waals surface area contributed by atoms with Gasteiger partial charge in [-0.3, -0.25) is 14.5 Å². The van der Waals surface area contributed by atoms with Gasteiger partial charge in [0.2, 0.25) is 0 Å². The number of amides is 2. The van der Waals surface area contributed by atoms with Crippen molar-refractivity contribution in [2.75, 3.05) is 31.6 Å². The Balaban J connectivity index is 1.36. The number of hydrogen-bond acceptors (Lipinski definition) is 4. The molecule has 2 amide bonds. The van der Waals surface area contributed by atoms with Crippen LogP contribution in [0, 0.1) is 5.92 Å². The van der Waals surface area contributed by atoms with Crippen molar-refractivity contribution in [2.45, 2.75) is 26.3 Å². The SMILES string of the molecule is CCOc1ccc(NC(=O)C(=O)NCC2CCN(Cc3ccccc3)CC2)cc1. The van der Waals surface area contributed by atoms with Crippen LogP contribution < -0.4 is 15.4 Å². The first-order valence-electron chi connectivity index (χ1n) is 10.2. The van der Waals surface area contributed by atoms with E-state index < -0.39 is 11.8 Å². The maximum atomic E-state index is 12.1. The minimum atomic E-state index is -0.643. The normalized spacial score (nSPS) is 14.9. The van der Waals surface area contributed by atoms with E-state index in [1.165, 1.54) is 5.56 Å². The van der Waals surface area contributed by atoms with E-state index in [0.29, 0.717) is 24.8 Å². The van der Waals surface area contributed by atoms with Crippen LogP contribution in [0.25, 0.3) is 0 Å². The van der Waals surface area contributed by atoms with E-state index in [1.54, 1.807) is 24.3 Å². The van der Waals surface area contributed by atoms with Crippen LogP contribution in [0.3, 0.4) is 0 Å². The summed E-state index contributed by atoms with van der Waals surface area (Å²) in [6, 6.07) is 17.4. The summed E-state index contributed by atoms with van der Waals surface area (Å²) in [5, 5.41) is 5.39. The first-order chi connectivity index (χ1) is 14.1. The molecule has 6 nitrogen and oxygen atoms in total.